The third-order valence-corrected chi connectivity index (χ3v) is 12.6. The lowest BCUT2D eigenvalue weighted by atomic mass is 10.00. The Labute approximate surface area is 379 Å². The molecule has 0 fully saturated rings. The fourth-order valence-corrected chi connectivity index (χ4v) is 8.30. The second-order valence-corrected chi connectivity index (χ2v) is 18.6. The van der Waals surface area contributed by atoms with Gasteiger partial charge in [-0.1, -0.05) is 237 Å². The van der Waals surface area contributed by atoms with Gasteiger partial charge in [-0.05, 0) is 77.0 Å². The Morgan fingerprint density at radius 3 is 1.03 bits per heavy atom. The molecule has 61 heavy (non-hydrogen) atoms. The topological polar surface area (TPSA) is 110 Å². The van der Waals surface area contributed by atoms with Gasteiger partial charge >= 0.3 is 0 Å². The summed E-state index contributed by atoms with van der Waals surface area (Å²) in [6.07, 6.45) is 60.6. The smallest absolute Gasteiger partial charge is 0.249 e. The van der Waals surface area contributed by atoms with Gasteiger partial charge in [-0.3, -0.25) is 4.79 Å². The Morgan fingerprint density at radius 2 is 0.689 bits per heavy atom. The largest absolute Gasteiger partial charge is 0.394 e. The first kappa shape index (κ1) is 59.5. The van der Waals surface area contributed by atoms with Crippen LogP contribution in [0.2, 0.25) is 0 Å². The average molecular weight is 860 g/mol. The molecule has 0 bridgehead atoms. The van der Waals surface area contributed by atoms with Crippen LogP contribution in [0.4, 0.5) is 0 Å². The molecule has 0 aliphatic carbocycles. The zero-order valence-corrected chi connectivity index (χ0v) is 40.7. The van der Waals surface area contributed by atoms with Crippen molar-refractivity contribution in [3.63, 3.8) is 0 Å². The Hall–Kier alpha value is -1.47. The van der Waals surface area contributed by atoms with E-state index in [9.17, 15) is 25.2 Å². The highest BCUT2D eigenvalue weighted by Gasteiger charge is 2.28. The number of hydrogen-bond donors (Lipinski definition) is 5. The van der Waals surface area contributed by atoms with Crippen molar-refractivity contribution in [3.05, 3.63) is 36.5 Å². The lowest BCUT2D eigenvalue weighted by Gasteiger charge is -2.27. The zero-order chi connectivity index (χ0) is 44.5. The fraction of sp³-hybridized carbons (Fsp3) is 0.873. The first-order chi connectivity index (χ1) is 30.0. The number of rotatable bonds is 49. The molecule has 0 heterocycles. The summed E-state index contributed by atoms with van der Waals surface area (Å²) in [5.74, 6) is -0.597. The molecule has 0 aliphatic heterocycles. The van der Waals surface area contributed by atoms with Crippen molar-refractivity contribution < 1.29 is 25.2 Å². The van der Waals surface area contributed by atoms with Crippen LogP contribution in [0.1, 0.15) is 277 Å². The lowest BCUT2D eigenvalue weighted by molar-refractivity contribution is -0.132. The van der Waals surface area contributed by atoms with Gasteiger partial charge in [0.2, 0.25) is 5.91 Å². The second-order valence-electron chi connectivity index (χ2n) is 18.6. The molecule has 0 spiro atoms. The molecule has 1 amide bonds. The maximum absolute atomic E-state index is 12.6. The number of unbranched alkanes of at least 4 members (excludes halogenated alkanes) is 34. The minimum absolute atomic E-state index is 0.358. The maximum atomic E-state index is 12.6. The highest BCUT2D eigenvalue weighted by Crippen LogP contribution is 2.16. The predicted octanol–water partition coefficient (Wildman–Crippen LogP) is 15.2. The van der Waals surface area contributed by atoms with Crippen LogP contribution in [-0.4, -0.2) is 57.3 Å². The van der Waals surface area contributed by atoms with Crippen LogP contribution in [0.5, 0.6) is 0 Å². The summed E-state index contributed by atoms with van der Waals surface area (Å²) in [5, 5.41) is 43.9. The van der Waals surface area contributed by atoms with Crippen molar-refractivity contribution in [3.8, 4) is 0 Å². The van der Waals surface area contributed by atoms with Gasteiger partial charge in [0.1, 0.15) is 12.2 Å². The van der Waals surface area contributed by atoms with Crippen molar-refractivity contribution in [2.75, 3.05) is 6.61 Å². The Balaban J connectivity index is 3.70. The first-order valence-corrected chi connectivity index (χ1v) is 26.9. The molecule has 0 saturated carbocycles. The number of amides is 1. The van der Waals surface area contributed by atoms with E-state index >= 15 is 0 Å². The van der Waals surface area contributed by atoms with Gasteiger partial charge in [0.05, 0.1) is 18.8 Å². The standard InChI is InChI=1S/C55H105NO5/c1-3-5-7-9-11-13-15-17-19-21-23-25-26-27-28-29-31-33-35-37-39-41-43-45-47-49-53(59)55(61)56-51(50-57)54(60)52(58)48-46-44-42-40-38-36-34-32-30-24-22-20-18-16-14-12-10-8-6-4-2/h27-28,32,34,40,42,51-54,57-60H,3-26,29-31,33,35-39,41,43-50H2,1-2H3,(H,56,61)/b28-27-,34-32+,42-40+. The summed E-state index contributed by atoms with van der Waals surface area (Å²) in [5.41, 5.74) is 0. The number of allylic oxidation sites excluding steroid dienone is 6. The Bertz CT molecular complexity index is 966. The minimum atomic E-state index is -1.29. The zero-order valence-electron chi connectivity index (χ0n) is 40.7. The summed E-state index contributed by atoms with van der Waals surface area (Å²) in [6, 6.07) is -1.01. The van der Waals surface area contributed by atoms with Crippen molar-refractivity contribution in [1.29, 1.82) is 0 Å². The van der Waals surface area contributed by atoms with E-state index in [1.165, 1.54) is 205 Å². The number of aliphatic hydroxyl groups is 4. The molecule has 0 rings (SSSR count). The molecule has 0 aromatic rings. The summed E-state index contributed by atoms with van der Waals surface area (Å²) in [6.45, 7) is 4.06. The predicted molar refractivity (Wildman–Crippen MR) is 265 cm³/mol. The van der Waals surface area contributed by atoms with E-state index in [4.69, 9.17) is 0 Å². The van der Waals surface area contributed by atoms with E-state index in [2.05, 4.69) is 55.6 Å². The van der Waals surface area contributed by atoms with Crippen molar-refractivity contribution in [1.82, 2.24) is 5.32 Å². The molecule has 0 saturated heterocycles. The number of hydrogen-bond acceptors (Lipinski definition) is 5. The molecule has 6 heteroatoms. The molecule has 5 N–H and O–H groups in total. The summed E-state index contributed by atoms with van der Waals surface area (Å²) >= 11 is 0. The lowest BCUT2D eigenvalue weighted by Crippen LogP contribution is -2.53. The molecular weight excluding hydrogens is 755 g/mol. The normalized spacial score (nSPS) is 14.1. The third kappa shape index (κ3) is 43.6. The highest BCUT2D eigenvalue weighted by molar-refractivity contribution is 5.80. The fourth-order valence-electron chi connectivity index (χ4n) is 8.30. The molecule has 4 unspecified atom stereocenters. The molecule has 0 radical (unpaired) electrons. The summed E-state index contributed by atoms with van der Waals surface area (Å²) in [7, 11) is 0. The van der Waals surface area contributed by atoms with E-state index in [-0.39, 0.29) is 0 Å². The van der Waals surface area contributed by atoms with Gasteiger partial charge < -0.3 is 25.7 Å². The van der Waals surface area contributed by atoms with Gasteiger partial charge in [0, 0.05) is 0 Å². The van der Waals surface area contributed by atoms with Crippen LogP contribution in [0.3, 0.4) is 0 Å². The van der Waals surface area contributed by atoms with Gasteiger partial charge in [0.15, 0.2) is 0 Å². The summed E-state index contributed by atoms with van der Waals surface area (Å²) in [4.78, 5) is 12.6. The van der Waals surface area contributed by atoms with E-state index in [0.717, 1.165) is 38.5 Å². The molecule has 0 aromatic heterocycles. The number of carbonyl (C=O) groups excluding carboxylic acids is 1. The van der Waals surface area contributed by atoms with Gasteiger partial charge in [0.25, 0.3) is 0 Å². The quantitative estimate of drug-likeness (QED) is 0.0309. The SMILES string of the molecule is CCCCCCCCCCCCC/C=C/CC/C=C/CCCC(O)C(O)C(CO)NC(=O)C(O)CCCCCCCCCCC/C=C\CCCCCCCCCCCCCC. The molecule has 0 aromatic carbocycles. The van der Waals surface area contributed by atoms with Crippen LogP contribution in [-0.2, 0) is 4.79 Å². The monoisotopic (exact) mass is 860 g/mol. The van der Waals surface area contributed by atoms with Crippen LogP contribution in [0.15, 0.2) is 36.5 Å². The van der Waals surface area contributed by atoms with E-state index in [0.29, 0.717) is 19.3 Å². The molecule has 360 valence electrons. The van der Waals surface area contributed by atoms with Crippen LogP contribution >= 0.6 is 0 Å². The third-order valence-electron chi connectivity index (χ3n) is 12.6. The van der Waals surface area contributed by atoms with Gasteiger partial charge in [-0.25, -0.2) is 0 Å². The van der Waals surface area contributed by atoms with Crippen molar-refractivity contribution in [2.24, 2.45) is 0 Å². The van der Waals surface area contributed by atoms with Gasteiger partial charge in [-0.15, -0.1) is 0 Å². The first-order valence-electron chi connectivity index (χ1n) is 26.9. The van der Waals surface area contributed by atoms with Crippen LogP contribution < -0.4 is 5.32 Å². The van der Waals surface area contributed by atoms with Crippen molar-refractivity contribution in [2.45, 2.75) is 301 Å². The highest BCUT2D eigenvalue weighted by atomic mass is 16.3. The Kier molecular flexibility index (Phi) is 48.3. The van der Waals surface area contributed by atoms with E-state index in [1.807, 2.05) is 0 Å². The van der Waals surface area contributed by atoms with Crippen LogP contribution in [0, 0.1) is 0 Å². The second kappa shape index (κ2) is 49.5. The Morgan fingerprint density at radius 1 is 0.393 bits per heavy atom. The number of aliphatic hydroxyl groups excluding tert-OH is 4. The molecular formula is C55H105NO5. The van der Waals surface area contributed by atoms with E-state index in [1.54, 1.807) is 0 Å². The van der Waals surface area contributed by atoms with Crippen LogP contribution in [0.25, 0.3) is 0 Å². The minimum Gasteiger partial charge on any atom is -0.394 e. The molecule has 4 atom stereocenters. The van der Waals surface area contributed by atoms with Gasteiger partial charge in [-0.2, -0.15) is 0 Å². The molecule has 0 aliphatic rings. The number of nitrogens with one attached hydrogen (secondary N) is 1. The average Bonchev–Trinajstić information content (AvgIpc) is 3.26. The maximum Gasteiger partial charge on any atom is 0.249 e. The van der Waals surface area contributed by atoms with Crippen molar-refractivity contribution >= 4 is 5.91 Å². The van der Waals surface area contributed by atoms with E-state index < -0.39 is 36.9 Å². The molecule has 6 nitrogen and oxygen atoms in total. The summed E-state index contributed by atoms with van der Waals surface area (Å²) < 4.78 is 0. The number of carbonyl (C=O) groups is 1.